The highest BCUT2D eigenvalue weighted by molar-refractivity contribution is 5.52. The van der Waals surface area contributed by atoms with Crippen LogP contribution in [0.2, 0.25) is 0 Å². The van der Waals surface area contributed by atoms with E-state index in [9.17, 15) is 0 Å². The van der Waals surface area contributed by atoms with E-state index in [1.54, 1.807) is 0 Å². The fourth-order valence-electron chi connectivity index (χ4n) is 2.74. The van der Waals surface area contributed by atoms with Crippen molar-refractivity contribution in [1.29, 1.82) is 0 Å². The molecule has 0 radical (unpaired) electrons. The van der Waals surface area contributed by atoms with Crippen LogP contribution in [0.1, 0.15) is 25.3 Å². The first kappa shape index (κ1) is 14.3. The second-order valence-electron chi connectivity index (χ2n) is 5.43. The van der Waals surface area contributed by atoms with E-state index in [0.29, 0.717) is 6.04 Å². The highest BCUT2D eigenvalue weighted by Crippen LogP contribution is 2.24. The number of aromatic nitrogens is 1. The summed E-state index contributed by atoms with van der Waals surface area (Å²) in [5.74, 6) is 0. The fourth-order valence-corrected chi connectivity index (χ4v) is 2.74. The van der Waals surface area contributed by atoms with Gasteiger partial charge < -0.3 is 15.1 Å². The normalized spacial score (nSPS) is 17.6. The SMILES string of the molecule is CCNCc1cnccc1N(C)C1CCN(C)CC1. The standard InChI is InChI=1S/C15H26N4/c1-4-16-11-13-12-17-8-5-15(13)19(3)14-6-9-18(2)10-7-14/h5,8,12,14,16H,4,6-7,9-11H2,1-3H3. The molecule has 1 fully saturated rings. The molecule has 1 aromatic rings. The van der Waals surface area contributed by atoms with Crippen molar-refractivity contribution < 1.29 is 0 Å². The first-order valence-corrected chi connectivity index (χ1v) is 7.27. The fraction of sp³-hybridized carbons (Fsp3) is 0.667. The average molecular weight is 262 g/mol. The van der Waals surface area contributed by atoms with Crippen molar-refractivity contribution in [2.24, 2.45) is 0 Å². The third-order valence-corrected chi connectivity index (χ3v) is 4.06. The van der Waals surface area contributed by atoms with Gasteiger partial charge in [-0.3, -0.25) is 4.98 Å². The van der Waals surface area contributed by atoms with Crippen molar-refractivity contribution >= 4 is 5.69 Å². The molecular weight excluding hydrogens is 236 g/mol. The summed E-state index contributed by atoms with van der Waals surface area (Å²) in [6.45, 7) is 6.42. The van der Waals surface area contributed by atoms with E-state index in [0.717, 1.165) is 13.1 Å². The van der Waals surface area contributed by atoms with E-state index in [1.165, 1.54) is 37.2 Å². The van der Waals surface area contributed by atoms with Crippen molar-refractivity contribution in [3.63, 3.8) is 0 Å². The van der Waals surface area contributed by atoms with Gasteiger partial charge in [-0.15, -0.1) is 0 Å². The maximum atomic E-state index is 4.26. The van der Waals surface area contributed by atoms with Gasteiger partial charge in [0.05, 0.1) is 0 Å². The molecule has 0 atom stereocenters. The zero-order valence-electron chi connectivity index (χ0n) is 12.4. The quantitative estimate of drug-likeness (QED) is 0.875. The number of nitrogens with one attached hydrogen (secondary N) is 1. The molecule has 4 nitrogen and oxygen atoms in total. The largest absolute Gasteiger partial charge is 0.371 e. The molecule has 1 aliphatic rings. The minimum absolute atomic E-state index is 0.652. The summed E-state index contributed by atoms with van der Waals surface area (Å²) in [6.07, 6.45) is 6.38. The summed E-state index contributed by atoms with van der Waals surface area (Å²) in [6, 6.07) is 2.80. The highest BCUT2D eigenvalue weighted by Gasteiger charge is 2.22. The molecule has 0 aliphatic carbocycles. The van der Waals surface area contributed by atoms with Gasteiger partial charge in [0.2, 0.25) is 0 Å². The third-order valence-electron chi connectivity index (χ3n) is 4.06. The summed E-state index contributed by atoms with van der Waals surface area (Å²) in [7, 11) is 4.43. The van der Waals surface area contributed by atoms with Crippen LogP contribution in [0.25, 0.3) is 0 Å². The Kier molecular flexibility index (Phi) is 5.16. The van der Waals surface area contributed by atoms with Crippen LogP contribution in [-0.4, -0.2) is 49.7 Å². The molecule has 0 amide bonds. The molecule has 0 saturated carbocycles. The van der Waals surface area contributed by atoms with Crippen molar-refractivity contribution in [2.45, 2.75) is 32.4 Å². The Hall–Kier alpha value is -1.13. The molecular formula is C15H26N4. The smallest absolute Gasteiger partial charge is 0.0442 e. The van der Waals surface area contributed by atoms with Crippen LogP contribution in [0.4, 0.5) is 5.69 Å². The monoisotopic (exact) mass is 262 g/mol. The topological polar surface area (TPSA) is 31.4 Å². The summed E-state index contributed by atoms with van der Waals surface area (Å²) in [4.78, 5) is 9.12. The van der Waals surface area contributed by atoms with Gasteiger partial charge >= 0.3 is 0 Å². The number of pyridine rings is 1. The van der Waals surface area contributed by atoms with Crippen LogP contribution in [-0.2, 0) is 6.54 Å². The lowest BCUT2D eigenvalue weighted by molar-refractivity contribution is 0.252. The van der Waals surface area contributed by atoms with Crippen LogP contribution in [0.3, 0.4) is 0 Å². The van der Waals surface area contributed by atoms with Crippen molar-refractivity contribution in [3.8, 4) is 0 Å². The minimum atomic E-state index is 0.652. The number of rotatable bonds is 5. The van der Waals surface area contributed by atoms with Crippen LogP contribution < -0.4 is 10.2 Å². The van der Waals surface area contributed by atoms with Crippen molar-refractivity contribution in [1.82, 2.24) is 15.2 Å². The molecule has 0 bridgehead atoms. The van der Waals surface area contributed by atoms with Crippen LogP contribution in [0, 0.1) is 0 Å². The van der Waals surface area contributed by atoms with E-state index >= 15 is 0 Å². The van der Waals surface area contributed by atoms with Crippen LogP contribution in [0.15, 0.2) is 18.5 Å². The minimum Gasteiger partial charge on any atom is -0.371 e. The lowest BCUT2D eigenvalue weighted by Crippen LogP contribution is -2.42. The summed E-state index contributed by atoms with van der Waals surface area (Å²) < 4.78 is 0. The number of nitrogens with zero attached hydrogens (tertiary/aromatic N) is 3. The van der Waals surface area contributed by atoms with Gasteiger partial charge in [0.25, 0.3) is 0 Å². The molecule has 1 aromatic heterocycles. The van der Waals surface area contributed by atoms with Gasteiger partial charge in [-0.2, -0.15) is 0 Å². The Morgan fingerprint density at radius 3 is 2.84 bits per heavy atom. The molecule has 4 heteroatoms. The van der Waals surface area contributed by atoms with Crippen LogP contribution >= 0.6 is 0 Å². The number of hydrogen-bond acceptors (Lipinski definition) is 4. The first-order chi connectivity index (χ1) is 9.22. The molecule has 0 spiro atoms. The average Bonchev–Trinajstić information content (AvgIpc) is 2.45. The number of hydrogen-bond donors (Lipinski definition) is 1. The number of piperidine rings is 1. The molecule has 2 heterocycles. The lowest BCUT2D eigenvalue weighted by atomic mass is 10.0. The molecule has 0 aromatic carbocycles. The van der Waals surface area contributed by atoms with Gasteiger partial charge in [-0.1, -0.05) is 6.92 Å². The maximum Gasteiger partial charge on any atom is 0.0442 e. The lowest BCUT2D eigenvalue weighted by Gasteiger charge is -2.37. The molecule has 0 unspecified atom stereocenters. The second-order valence-corrected chi connectivity index (χ2v) is 5.43. The zero-order valence-corrected chi connectivity index (χ0v) is 12.4. The van der Waals surface area contributed by atoms with E-state index in [4.69, 9.17) is 0 Å². The van der Waals surface area contributed by atoms with Gasteiger partial charge in [-0.25, -0.2) is 0 Å². The molecule has 106 valence electrons. The number of likely N-dealkylation sites (tertiary alicyclic amines) is 1. The molecule has 2 rings (SSSR count). The molecule has 1 saturated heterocycles. The van der Waals surface area contributed by atoms with Crippen molar-refractivity contribution in [2.75, 3.05) is 38.6 Å². The number of anilines is 1. The Morgan fingerprint density at radius 2 is 2.16 bits per heavy atom. The van der Waals surface area contributed by atoms with Gasteiger partial charge in [0, 0.05) is 43.3 Å². The Labute approximate surface area is 116 Å². The highest BCUT2D eigenvalue weighted by atomic mass is 15.2. The second kappa shape index (κ2) is 6.87. The van der Waals surface area contributed by atoms with E-state index in [-0.39, 0.29) is 0 Å². The predicted molar refractivity (Wildman–Crippen MR) is 80.5 cm³/mol. The zero-order chi connectivity index (χ0) is 13.7. The Morgan fingerprint density at radius 1 is 1.42 bits per heavy atom. The maximum absolute atomic E-state index is 4.26. The molecule has 1 N–H and O–H groups in total. The van der Waals surface area contributed by atoms with Crippen LogP contribution in [0.5, 0.6) is 0 Å². The van der Waals surface area contributed by atoms with Gasteiger partial charge in [-0.05, 0) is 45.6 Å². The molecule has 19 heavy (non-hydrogen) atoms. The van der Waals surface area contributed by atoms with E-state index < -0.39 is 0 Å². The van der Waals surface area contributed by atoms with E-state index in [1.807, 2.05) is 12.4 Å². The first-order valence-electron chi connectivity index (χ1n) is 7.27. The van der Waals surface area contributed by atoms with E-state index in [2.05, 4.69) is 47.2 Å². The van der Waals surface area contributed by atoms with Crippen molar-refractivity contribution in [3.05, 3.63) is 24.0 Å². The summed E-state index contributed by atoms with van der Waals surface area (Å²) in [5, 5.41) is 3.39. The van der Waals surface area contributed by atoms with Gasteiger partial charge in [0.15, 0.2) is 0 Å². The Balaban J connectivity index is 2.07. The van der Waals surface area contributed by atoms with Gasteiger partial charge in [0.1, 0.15) is 0 Å². The molecule has 1 aliphatic heterocycles. The summed E-state index contributed by atoms with van der Waals surface area (Å²) >= 11 is 0. The third kappa shape index (κ3) is 3.67. The predicted octanol–water partition coefficient (Wildman–Crippen LogP) is 1.72. The summed E-state index contributed by atoms with van der Waals surface area (Å²) in [5.41, 5.74) is 2.62. The Bertz CT molecular complexity index is 385.